The summed E-state index contributed by atoms with van der Waals surface area (Å²) in [5.41, 5.74) is 3.73. The van der Waals surface area contributed by atoms with Gasteiger partial charge < -0.3 is 10.1 Å². The van der Waals surface area contributed by atoms with Crippen LogP contribution >= 0.6 is 11.6 Å². The lowest BCUT2D eigenvalue weighted by Crippen LogP contribution is -2.37. The molecule has 0 saturated carbocycles. The van der Waals surface area contributed by atoms with Crippen molar-refractivity contribution in [3.8, 4) is 0 Å². The molecule has 0 aliphatic rings. The van der Waals surface area contributed by atoms with Crippen LogP contribution in [0.15, 0.2) is 42.5 Å². The van der Waals surface area contributed by atoms with Gasteiger partial charge >= 0.3 is 5.97 Å². The molecule has 0 fully saturated rings. The van der Waals surface area contributed by atoms with Crippen LogP contribution in [-0.4, -0.2) is 37.0 Å². The zero-order valence-electron chi connectivity index (χ0n) is 15.2. The number of nitrogens with zero attached hydrogens (tertiary/aromatic N) is 1. The highest BCUT2D eigenvalue weighted by Crippen LogP contribution is 2.18. The number of nitrogens with one attached hydrogen (secondary N) is 1. The molecule has 0 bridgehead atoms. The summed E-state index contributed by atoms with van der Waals surface area (Å²) < 4.78 is 4.74. The number of benzene rings is 2. The quantitative estimate of drug-likeness (QED) is 0.753. The minimum Gasteiger partial charge on any atom is -0.468 e. The highest BCUT2D eigenvalue weighted by molar-refractivity contribution is 6.31. The Balaban J connectivity index is 2.08. The van der Waals surface area contributed by atoms with E-state index in [0.29, 0.717) is 11.6 Å². The van der Waals surface area contributed by atoms with E-state index < -0.39 is 5.97 Å². The first-order valence-electron chi connectivity index (χ1n) is 8.28. The van der Waals surface area contributed by atoms with Crippen molar-refractivity contribution in [2.75, 3.05) is 25.5 Å². The number of amides is 1. The number of rotatable bonds is 7. The first kappa shape index (κ1) is 19.9. The Hall–Kier alpha value is -2.37. The van der Waals surface area contributed by atoms with Gasteiger partial charge in [0.15, 0.2) is 0 Å². The smallest absolute Gasteiger partial charge is 0.319 e. The molecular formula is C20H23ClN2O3. The number of hydrogen-bond donors (Lipinski definition) is 1. The lowest BCUT2D eigenvalue weighted by molar-refractivity contribution is -0.142. The van der Waals surface area contributed by atoms with Crippen molar-refractivity contribution in [3.05, 3.63) is 64.2 Å². The number of carbonyl (C=O) groups is 2. The number of aryl methyl sites for hydroxylation is 2. The fourth-order valence-corrected chi connectivity index (χ4v) is 2.82. The zero-order chi connectivity index (χ0) is 19.1. The first-order valence-corrected chi connectivity index (χ1v) is 8.66. The van der Waals surface area contributed by atoms with Gasteiger partial charge in [-0.25, -0.2) is 0 Å². The molecule has 0 saturated heterocycles. The van der Waals surface area contributed by atoms with Crippen molar-refractivity contribution in [1.29, 1.82) is 0 Å². The first-order chi connectivity index (χ1) is 12.4. The summed E-state index contributed by atoms with van der Waals surface area (Å²) in [7, 11) is 1.33. The standard InChI is InChI=1S/C20H23ClN2O3/c1-14-8-9-18(15(2)10-14)22-19(24)12-23(13-20(25)26-3)11-16-6-4-5-7-17(16)21/h4-10H,11-13H2,1-3H3,(H,22,24). The van der Waals surface area contributed by atoms with Gasteiger partial charge in [0.05, 0.1) is 20.2 Å². The Morgan fingerprint density at radius 2 is 1.85 bits per heavy atom. The Morgan fingerprint density at radius 1 is 1.12 bits per heavy atom. The van der Waals surface area contributed by atoms with E-state index in [4.69, 9.17) is 16.3 Å². The number of ether oxygens (including phenoxy) is 1. The summed E-state index contributed by atoms with van der Waals surface area (Å²) in [4.78, 5) is 25.9. The third kappa shape index (κ3) is 5.86. The van der Waals surface area contributed by atoms with Gasteiger partial charge in [0.25, 0.3) is 0 Å². The number of halogens is 1. The highest BCUT2D eigenvalue weighted by atomic mass is 35.5. The summed E-state index contributed by atoms with van der Waals surface area (Å²) in [6, 6.07) is 13.2. The van der Waals surface area contributed by atoms with Crippen LogP contribution in [0.5, 0.6) is 0 Å². The van der Waals surface area contributed by atoms with E-state index >= 15 is 0 Å². The Morgan fingerprint density at radius 3 is 2.50 bits per heavy atom. The third-order valence-corrected chi connectivity index (χ3v) is 4.32. The van der Waals surface area contributed by atoms with Crippen molar-refractivity contribution < 1.29 is 14.3 Å². The number of esters is 1. The van der Waals surface area contributed by atoms with Gasteiger partial charge in [0, 0.05) is 17.3 Å². The van der Waals surface area contributed by atoms with Crippen LogP contribution in [0, 0.1) is 13.8 Å². The fraction of sp³-hybridized carbons (Fsp3) is 0.300. The molecule has 0 heterocycles. The van der Waals surface area contributed by atoms with Crippen LogP contribution < -0.4 is 5.32 Å². The molecule has 0 spiro atoms. The van der Waals surface area contributed by atoms with Crippen molar-refractivity contribution in [2.24, 2.45) is 0 Å². The summed E-state index contributed by atoms with van der Waals surface area (Å²) in [6.07, 6.45) is 0. The predicted octanol–water partition coefficient (Wildman–Crippen LogP) is 3.57. The number of anilines is 1. The molecule has 0 aliphatic carbocycles. The second-order valence-electron chi connectivity index (χ2n) is 6.18. The second kappa shape index (κ2) is 9.36. The molecule has 6 heteroatoms. The normalized spacial score (nSPS) is 10.7. The average Bonchev–Trinajstić information content (AvgIpc) is 2.59. The minimum atomic E-state index is -0.406. The lowest BCUT2D eigenvalue weighted by atomic mass is 10.1. The monoisotopic (exact) mass is 374 g/mol. The maximum absolute atomic E-state index is 12.5. The van der Waals surface area contributed by atoms with Crippen molar-refractivity contribution >= 4 is 29.2 Å². The number of carbonyl (C=O) groups excluding carboxylic acids is 2. The molecule has 1 N–H and O–H groups in total. The maximum atomic E-state index is 12.5. The summed E-state index contributed by atoms with van der Waals surface area (Å²) in [5.74, 6) is -0.607. The molecule has 0 radical (unpaired) electrons. The molecule has 1 amide bonds. The minimum absolute atomic E-state index is 0.00201. The van der Waals surface area contributed by atoms with Crippen molar-refractivity contribution in [3.63, 3.8) is 0 Å². The van der Waals surface area contributed by atoms with Gasteiger partial charge in [0.1, 0.15) is 0 Å². The molecular weight excluding hydrogens is 352 g/mol. The molecule has 138 valence electrons. The predicted molar refractivity (Wildman–Crippen MR) is 103 cm³/mol. The molecule has 0 unspecified atom stereocenters. The van der Waals surface area contributed by atoms with Crippen LogP contribution in [0.25, 0.3) is 0 Å². The maximum Gasteiger partial charge on any atom is 0.319 e. The van der Waals surface area contributed by atoms with Crippen LogP contribution in [0.1, 0.15) is 16.7 Å². The Kier molecular flexibility index (Phi) is 7.18. The van der Waals surface area contributed by atoms with E-state index in [0.717, 1.165) is 22.4 Å². The molecule has 2 aromatic rings. The molecule has 26 heavy (non-hydrogen) atoms. The lowest BCUT2D eigenvalue weighted by Gasteiger charge is -2.21. The molecule has 0 aromatic heterocycles. The van der Waals surface area contributed by atoms with Gasteiger partial charge in [-0.3, -0.25) is 14.5 Å². The van der Waals surface area contributed by atoms with Gasteiger partial charge in [-0.05, 0) is 37.1 Å². The molecule has 0 aliphatic heterocycles. The summed E-state index contributed by atoms with van der Waals surface area (Å²) in [6.45, 7) is 4.36. The van der Waals surface area contributed by atoms with Gasteiger partial charge in [-0.15, -0.1) is 0 Å². The van der Waals surface area contributed by atoms with Crippen molar-refractivity contribution in [2.45, 2.75) is 20.4 Å². The molecule has 2 aromatic carbocycles. The summed E-state index contributed by atoms with van der Waals surface area (Å²) in [5, 5.41) is 3.49. The van der Waals surface area contributed by atoms with E-state index in [9.17, 15) is 9.59 Å². The number of hydrogen-bond acceptors (Lipinski definition) is 4. The van der Waals surface area contributed by atoms with E-state index in [2.05, 4.69) is 5.32 Å². The van der Waals surface area contributed by atoms with E-state index in [-0.39, 0.29) is 19.0 Å². The van der Waals surface area contributed by atoms with Crippen LogP contribution in [0.2, 0.25) is 5.02 Å². The Labute approximate surface area is 158 Å². The average molecular weight is 375 g/mol. The zero-order valence-corrected chi connectivity index (χ0v) is 16.0. The SMILES string of the molecule is COC(=O)CN(CC(=O)Nc1ccc(C)cc1C)Cc1ccccc1Cl. The van der Waals surface area contributed by atoms with Crippen molar-refractivity contribution in [1.82, 2.24) is 4.90 Å². The van der Waals surface area contributed by atoms with Gasteiger partial charge in [-0.2, -0.15) is 0 Å². The molecule has 2 rings (SSSR count). The molecule has 5 nitrogen and oxygen atoms in total. The van der Waals surface area contributed by atoms with E-state index in [1.165, 1.54) is 7.11 Å². The molecule has 0 atom stereocenters. The fourth-order valence-electron chi connectivity index (χ4n) is 2.63. The topological polar surface area (TPSA) is 58.6 Å². The summed E-state index contributed by atoms with van der Waals surface area (Å²) >= 11 is 6.20. The number of methoxy groups -OCH3 is 1. The van der Waals surface area contributed by atoms with Gasteiger partial charge in [0.2, 0.25) is 5.91 Å². The van der Waals surface area contributed by atoms with E-state index in [1.54, 1.807) is 11.0 Å². The largest absolute Gasteiger partial charge is 0.468 e. The third-order valence-electron chi connectivity index (χ3n) is 3.96. The second-order valence-corrected chi connectivity index (χ2v) is 6.59. The van der Waals surface area contributed by atoms with Crippen LogP contribution in [0.3, 0.4) is 0 Å². The van der Waals surface area contributed by atoms with Crippen LogP contribution in [-0.2, 0) is 20.9 Å². The van der Waals surface area contributed by atoms with E-state index in [1.807, 2.05) is 50.2 Å². The highest BCUT2D eigenvalue weighted by Gasteiger charge is 2.17. The Bertz CT molecular complexity index is 792. The van der Waals surface area contributed by atoms with Crippen LogP contribution in [0.4, 0.5) is 5.69 Å². The van der Waals surface area contributed by atoms with Gasteiger partial charge in [-0.1, -0.05) is 47.5 Å².